The molecule has 0 saturated heterocycles. The van der Waals surface area contributed by atoms with E-state index < -0.39 is 0 Å². The number of aromatic nitrogens is 2. The average Bonchev–Trinajstić information content (AvgIpc) is 3.09. The van der Waals surface area contributed by atoms with Crippen LogP contribution in [0.15, 0.2) is 29.9 Å². The zero-order valence-electron chi connectivity index (χ0n) is 13.7. The summed E-state index contributed by atoms with van der Waals surface area (Å²) in [6.07, 6.45) is 4.96. The number of fused-ring (bicyclic) bond motifs is 2. The van der Waals surface area contributed by atoms with E-state index in [4.69, 9.17) is 4.74 Å². The lowest BCUT2D eigenvalue weighted by Crippen LogP contribution is -2.33. The monoisotopic (exact) mass is 341 g/mol. The van der Waals surface area contributed by atoms with Crippen molar-refractivity contribution in [3.05, 3.63) is 52.3 Å². The van der Waals surface area contributed by atoms with Crippen molar-refractivity contribution in [3.8, 4) is 5.75 Å². The highest BCUT2D eigenvalue weighted by Gasteiger charge is 2.25. The zero-order valence-corrected chi connectivity index (χ0v) is 14.5. The highest BCUT2D eigenvalue weighted by molar-refractivity contribution is 7.15. The number of hydrogen-bond donors (Lipinski definition) is 1. The van der Waals surface area contributed by atoms with Crippen LogP contribution in [0.2, 0.25) is 0 Å². The van der Waals surface area contributed by atoms with Crippen molar-refractivity contribution in [2.24, 2.45) is 0 Å². The molecule has 3 aromatic rings. The van der Waals surface area contributed by atoms with Gasteiger partial charge in [-0.2, -0.15) is 0 Å². The summed E-state index contributed by atoms with van der Waals surface area (Å²) in [5.74, 6) is 0.914. The lowest BCUT2D eigenvalue weighted by molar-refractivity contribution is -0.121. The van der Waals surface area contributed by atoms with Crippen molar-refractivity contribution in [2.45, 2.75) is 32.7 Å². The van der Waals surface area contributed by atoms with Gasteiger partial charge in [-0.15, -0.1) is 11.3 Å². The molecular formula is C18H19N3O2S. The molecule has 1 N–H and O–H groups in total. The van der Waals surface area contributed by atoms with E-state index in [-0.39, 0.29) is 11.9 Å². The van der Waals surface area contributed by atoms with Crippen LogP contribution in [0.1, 0.15) is 34.8 Å². The lowest BCUT2D eigenvalue weighted by atomic mass is 9.95. The molecular weight excluding hydrogens is 322 g/mol. The Morgan fingerprint density at radius 2 is 2.33 bits per heavy atom. The minimum atomic E-state index is -0.00207. The molecule has 1 atom stereocenters. The molecule has 1 aliphatic rings. The van der Waals surface area contributed by atoms with Gasteiger partial charge in [0.25, 0.3) is 0 Å². The number of imidazole rings is 1. The molecule has 5 nitrogen and oxygen atoms in total. The molecule has 0 radical (unpaired) electrons. The molecule has 0 unspecified atom stereocenters. The number of amides is 1. The number of aryl methyl sites for hydroxylation is 2. The van der Waals surface area contributed by atoms with Gasteiger partial charge in [-0.3, -0.25) is 9.20 Å². The normalized spacial score (nSPS) is 16.7. The third kappa shape index (κ3) is 2.78. The molecule has 0 saturated carbocycles. The number of carbonyl (C=O) groups excluding carboxylic acids is 1. The fourth-order valence-corrected chi connectivity index (χ4v) is 4.02. The molecule has 4 rings (SSSR count). The number of nitrogens with one attached hydrogen (secondary N) is 1. The van der Waals surface area contributed by atoms with Crippen molar-refractivity contribution in [3.63, 3.8) is 0 Å². The van der Waals surface area contributed by atoms with Gasteiger partial charge in [-0.25, -0.2) is 4.98 Å². The van der Waals surface area contributed by atoms with Crippen LogP contribution in [0, 0.1) is 13.8 Å². The zero-order chi connectivity index (χ0) is 16.7. The van der Waals surface area contributed by atoms with Crippen LogP contribution in [-0.2, 0) is 11.2 Å². The first kappa shape index (κ1) is 15.2. The Labute approximate surface area is 144 Å². The first-order chi connectivity index (χ1) is 11.6. The van der Waals surface area contributed by atoms with E-state index in [0.29, 0.717) is 13.0 Å². The standard InChI is InChI=1S/C18H19N3O2S/c1-11-7-12(2)17-14(8-11)15(3-5-23-17)20-16(22)9-13-10-21-4-6-24-18(21)19-13/h4,6-8,10,15H,3,5,9H2,1-2H3,(H,20,22)/t15-/m0/s1. The Morgan fingerprint density at radius 1 is 1.46 bits per heavy atom. The molecule has 0 spiro atoms. The molecule has 1 amide bonds. The minimum Gasteiger partial charge on any atom is -0.493 e. The highest BCUT2D eigenvalue weighted by atomic mass is 32.1. The van der Waals surface area contributed by atoms with Crippen LogP contribution in [0.25, 0.3) is 4.96 Å². The summed E-state index contributed by atoms with van der Waals surface area (Å²) in [5, 5.41) is 5.13. The van der Waals surface area contributed by atoms with Gasteiger partial charge in [-0.05, 0) is 19.4 Å². The highest BCUT2D eigenvalue weighted by Crippen LogP contribution is 2.35. The summed E-state index contributed by atoms with van der Waals surface area (Å²) in [5.41, 5.74) is 4.19. The van der Waals surface area contributed by atoms with Gasteiger partial charge in [-0.1, -0.05) is 17.7 Å². The van der Waals surface area contributed by atoms with Gasteiger partial charge in [0.2, 0.25) is 5.91 Å². The van der Waals surface area contributed by atoms with Crippen LogP contribution in [-0.4, -0.2) is 21.9 Å². The summed E-state index contributed by atoms with van der Waals surface area (Å²) in [6.45, 7) is 4.74. The molecule has 24 heavy (non-hydrogen) atoms. The molecule has 1 aliphatic heterocycles. The smallest absolute Gasteiger partial charge is 0.226 e. The number of rotatable bonds is 3. The van der Waals surface area contributed by atoms with Gasteiger partial charge >= 0.3 is 0 Å². The van der Waals surface area contributed by atoms with Crippen LogP contribution in [0.5, 0.6) is 5.75 Å². The van der Waals surface area contributed by atoms with E-state index in [1.165, 1.54) is 5.56 Å². The molecule has 0 fully saturated rings. The van der Waals surface area contributed by atoms with E-state index in [2.05, 4.69) is 29.4 Å². The van der Waals surface area contributed by atoms with Crippen LogP contribution in [0.3, 0.4) is 0 Å². The predicted molar refractivity (Wildman–Crippen MR) is 93.7 cm³/mol. The fourth-order valence-electron chi connectivity index (χ4n) is 3.30. The number of ether oxygens (including phenoxy) is 1. The Morgan fingerprint density at radius 3 is 3.17 bits per heavy atom. The lowest BCUT2D eigenvalue weighted by Gasteiger charge is -2.28. The number of nitrogens with zero attached hydrogens (tertiary/aromatic N) is 2. The van der Waals surface area contributed by atoms with Crippen molar-refractivity contribution >= 4 is 22.2 Å². The van der Waals surface area contributed by atoms with E-state index in [1.807, 2.05) is 29.1 Å². The van der Waals surface area contributed by atoms with E-state index in [0.717, 1.165) is 34.0 Å². The van der Waals surface area contributed by atoms with Crippen LogP contribution >= 0.6 is 11.3 Å². The van der Waals surface area contributed by atoms with Crippen molar-refractivity contribution in [2.75, 3.05) is 6.61 Å². The summed E-state index contributed by atoms with van der Waals surface area (Å²) in [7, 11) is 0. The molecule has 1 aromatic carbocycles. The summed E-state index contributed by atoms with van der Waals surface area (Å²) >= 11 is 1.57. The second kappa shape index (κ2) is 5.94. The van der Waals surface area contributed by atoms with E-state index in [1.54, 1.807) is 11.3 Å². The SMILES string of the molecule is Cc1cc(C)c2c(c1)[C@@H](NC(=O)Cc1cn3ccsc3n1)CCO2. The molecule has 6 heteroatoms. The van der Waals surface area contributed by atoms with Crippen LogP contribution < -0.4 is 10.1 Å². The average molecular weight is 341 g/mol. The quantitative estimate of drug-likeness (QED) is 0.796. The largest absolute Gasteiger partial charge is 0.493 e. The second-order valence-corrected chi connectivity index (χ2v) is 7.13. The number of hydrogen-bond acceptors (Lipinski definition) is 4. The molecule has 124 valence electrons. The Kier molecular flexibility index (Phi) is 3.76. The van der Waals surface area contributed by atoms with Crippen molar-refractivity contribution in [1.29, 1.82) is 0 Å². The van der Waals surface area contributed by atoms with Gasteiger partial charge in [0.1, 0.15) is 5.75 Å². The minimum absolute atomic E-state index is 0.00207. The molecule has 3 heterocycles. The number of carbonyl (C=O) groups is 1. The Bertz CT molecular complexity index is 884. The third-order valence-electron chi connectivity index (χ3n) is 4.30. The Balaban J connectivity index is 1.51. The van der Waals surface area contributed by atoms with Crippen molar-refractivity contribution in [1.82, 2.24) is 14.7 Å². The number of benzene rings is 1. The van der Waals surface area contributed by atoms with Crippen LogP contribution in [0.4, 0.5) is 0 Å². The molecule has 0 aliphatic carbocycles. The summed E-state index contributed by atoms with van der Waals surface area (Å²) in [6, 6.07) is 4.23. The number of thiazole rings is 1. The van der Waals surface area contributed by atoms with Crippen molar-refractivity contribution < 1.29 is 9.53 Å². The summed E-state index contributed by atoms with van der Waals surface area (Å²) < 4.78 is 7.75. The topological polar surface area (TPSA) is 55.6 Å². The maximum atomic E-state index is 12.5. The van der Waals surface area contributed by atoms with E-state index >= 15 is 0 Å². The van der Waals surface area contributed by atoms with Gasteiger partial charge in [0.05, 0.1) is 24.8 Å². The predicted octanol–water partition coefficient (Wildman–Crippen LogP) is 3.20. The molecule has 2 aromatic heterocycles. The maximum Gasteiger partial charge on any atom is 0.226 e. The third-order valence-corrected chi connectivity index (χ3v) is 5.07. The van der Waals surface area contributed by atoms with Gasteiger partial charge < -0.3 is 10.1 Å². The Hall–Kier alpha value is -2.34. The van der Waals surface area contributed by atoms with Gasteiger partial charge in [0.15, 0.2) is 4.96 Å². The first-order valence-electron chi connectivity index (χ1n) is 8.04. The van der Waals surface area contributed by atoms with E-state index in [9.17, 15) is 4.79 Å². The molecule has 0 bridgehead atoms. The summed E-state index contributed by atoms with van der Waals surface area (Å²) in [4.78, 5) is 17.9. The first-order valence-corrected chi connectivity index (χ1v) is 8.92. The fraction of sp³-hybridized carbons (Fsp3) is 0.333. The van der Waals surface area contributed by atoms with Gasteiger partial charge in [0, 0.05) is 29.8 Å². The maximum absolute atomic E-state index is 12.5. The second-order valence-electron chi connectivity index (χ2n) is 6.26.